The molecule has 0 saturated heterocycles. The molecule has 1 nitrogen and oxygen atoms in total. The minimum atomic E-state index is 0. The molecule has 2 heteroatoms. The summed E-state index contributed by atoms with van der Waals surface area (Å²) in [5, 5.41) is 6.57. The SMILES string of the molecule is [CH2-]CC([CH2-])=N.[U+2]. The van der Waals surface area contributed by atoms with Crippen LogP contribution in [0.2, 0.25) is 0 Å². The Labute approximate surface area is 62.4 Å². The van der Waals surface area contributed by atoms with Crippen molar-refractivity contribution < 1.29 is 31.1 Å². The van der Waals surface area contributed by atoms with Crippen LogP contribution in [0.15, 0.2) is 0 Å². The van der Waals surface area contributed by atoms with Crippen molar-refractivity contribution in [1.29, 1.82) is 5.41 Å². The molecule has 0 unspecified atom stereocenters. The summed E-state index contributed by atoms with van der Waals surface area (Å²) in [5.41, 5.74) is 0.394. The summed E-state index contributed by atoms with van der Waals surface area (Å²) in [4.78, 5) is 0. The van der Waals surface area contributed by atoms with E-state index in [-0.39, 0.29) is 31.1 Å². The van der Waals surface area contributed by atoms with Crippen LogP contribution in [0.1, 0.15) is 6.42 Å². The van der Waals surface area contributed by atoms with Gasteiger partial charge in [-0.25, -0.2) is 0 Å². The monoisotopic (exact) mass is 307 g/mol. The van der Waals surface area contributed by atoms with Gasteiger partial charge in [0.2, 0.25) is 0 Å². The van der Waals surface area contributed by atoms with E-state index in [9.17, 15) is 0 Å². The first-order valence-electron chi connectivity index (χ1n) is 1.46. The zero-order valence-corrected chi connectivity index (χ0v) is 7.79. The minimum absolute atomic E-state index is 0. The zero-order chi connectivity index (χ0) is 4.28. The molecule has 0 saturated carbocycles. The summed E-state index contributed by atoms with van der Waals surface area (Å²) in [5.74, 6) is 0. The van der Waals surface area contributed by atoms with Crippen molar-refractivity contribution >= 4 is 5.71 Å². The van der Waals surface area contributed by atoms with Gasteiger partial charge >= 0.3 is 31.1 Å². The van der Waals surface area contributed by atoms with E-state index < -0.39 is 0 Å². The topological polar surface area (TPSA) is 23.9 Å². The molecular formula is C4H7NU. The van der Waals surface area contributed by atoms with Crippen LogP contribution in [0, 0.1) is 50.4 Å². The Morgan fingerprint density at radius 3 is 1.83 bits per heavy atom. The van der Waals surface area contributed by atoms with Crippen LogP contribution in [0.5, 0.6) is 0 Å². The molecule has 32 valence electrons. The van der Waals surface area contributed by atoms with Crippen LogP contribution < -0.4 is 0 Å². The molecule has 0 aliphatic carbocycles. The third-order valence-electron chi connectivity index (χ3n) is 0.302. The summed E-state index contributed by atoms with van der Waals surface area (Å²) in [6.07, 6.45) is 0.528. The normalized spacial score (nSPS) is 6.17. The molecule has 0 bridgehead atoms. The van der Waals surface area contributed by atoms with Crippen molar-refractivity contribution in [2.24, 2.45) is 0 Å². The summed E-state index contributed by atoms with van der Waals surface area (Å²) in [6, 6.07) is 0. The Morgan fingerprint density at radius 1 is 1.67 bits per heavy atom. The van der Waals surface area contributed by atoms with Crippen LogP contribution >= 0.6 is 0 Å². The molecule has 0 radical (unpaired) electrons. The molecule has 1 N–H and O–H groups in total. The molecular weight excluding hydrogens is 300 g/mol. The van der Waals surface area contributed by atoms with Gasteiger partial charge in [0.25, 0.3) is 0 Å². The second kappa shape index (κ2) is 5.59. The third-order valence-corrected chi connectivity index (χ3v) is 0.302. The maximum atomic E-state index is 6.57. The molecule has 0 fully saturated rings. The van der Waals surface area contributed by atoms with Gasteiger partial charge < -0.3 is 19.3 Å². The quantitative estimate of drug-likeness (QED) is 0.553. The predicted octanol–water partition coefficient (Wildman–Crippen LogP) is 1.06. The first-order valence-corrected chi connectivity index (χ1v) is 1.46. The first kappa shape index (κ1) is 9.78. The Hall–Kier alpha value is 0.592. The molecule has 0 aliphatic heterocycles. The van der Waals surface area contributed by atoms with Crippen molar-refractivity contribution in [3.05, 3.63) is 13.8 Å². The van der Waals surface area contributed by atoms with Gasteiger partial charge in [-0.3, -0.25) is 0 Å². The van der Waals surface area contributed by atoms with E-state index in [0.29, 0.717) is 12.1 Å². The van der Waals surface area contributed by atoms with E-state index in [0.717, 1.165) is 0 Å². The van der Waals surface area contributed by atoms with Crippen molar-refractivity contribution in [3.8, 4) is 0 Å². The van der Waals surface area contributed by atoms with Gasteiger partial charge in [-0.1, -0.05) is 0 Å². The number of hydrogen-bond acceptors (Lipinski definition) is 1. The molecule has 0 amide bonds. The smallest absolute Gasteiger partial charge is 0.364 e. The fourth-order valence-electron chi connectivity index (χ4n) is 0. The van der Waals surface area contributed by atoms with Crippen molar-refractivity contribution in [3.63, 3.8) is 0 Å². The van der Waals surface area contributed by atoms with E-state index in [1.807, 2.05) is 0 Å². The molecule has 0 rings (SSSR count). The molecule has 0 atom stereocenters. The summed E-state index contributed by atoms with van der Waals surface area (Å²) in [6.45, 7) is 6.68. The average molecular weight is 307 g/mol. The van der Waals surface area contributed by atoms with Gasteiger partial charge in [0, 0.05) is 0 Å². The largest absolute Gasteiger partial charge is 2.00 e. The van der Waals surface area contributed by atoms with E-state index >= 15 is 0 Å². The van der Waals surface area contributed by atoms with Crippen LogP contribution in [0.25, 0.3) is 0 Å². The van der Waals surface area contributed by atoms with E-state index in [1.165, 1.54) is 0 Å². The molecule has 0 aromatic heterocycles. The Morgan fingerprint density at radius 2 is 1.83 bits per heavy atom. The van der Waals surface area contributed by atoms with Gasteiger partial charge in [0.05, 0.1) is 0 Å². The maximum absolute atomic E-state index is 6.57. The first-order chi connectivity index (χ1) is 2.27. The molecule has 6 heavy (non-hydrogen) atoms. The molecule has 0 spiro atoms. The minimum Gasteiger partial charge on any atom is -0.364 e. The molecule has 0 aromatic carbocycles. The van der Waals surface area contributed by atoms with E-state index in [2.05, 4.69) is 13.8 Å². The van der Waals surface area contributed by atoms with E-state index in [1.54, 1.807) is 0 Å². The van der Waals surface area contributed by atoms with Crippen molar-refractivity contribution in [2.75, 3.05) is 0 Å². The standard InChI is InChI=1S/C4H7N.U/c1-3-4(2)5;/h5H,1-3H2;/q-2;+2. The number of rotatable bonds is 1. The maximum Gasteiger partial charge on any atom is 2.00 e. The number of hydrogen-bond donors (Lipinski definition) is 1. The Bertz CT molecular complexity index is 42.8. The van der Waals surface area contributed by atoms with Gasteiger partial charge in [-0.2, -0.15) is 12.1 Å². The second-order valence-corrected chi connectivity index (χ2v) is 0.854. The zero-order valence-electron chi connectivity index (χ0n) is 3.62. The molecule has 0 aliphatic rings. The number of nitrogens with one attached hydrogen (secondary N) is 1. The fraction of sp³-hybridized carbons (Fsp3) is 0.250. The molecule has 0 aromatic rings. The molecule has 0 heterocycles. The van der Waals surface area contributed by atoms with Gasteiger partial charge in [-0.05, 0) is 0 Å². The van der Waals surface area contributed by atoms with Crippen LogP contribution in [-0.4, -0.2) is 5.71 Å². The summed E-state index contributed by atoms with van der Waals surface area (Å²) < 4.78 is 0. The van der Waals surface area contributed by atoms with Gasteiger partial charge in [0.1, 0.15) is 0 Å². The Kier molecular flexibility index (Phi) is 9.11. The summed E-state index contributed by atoms with van der Waals surface area (Å²) in [7, 11) is 0. The fourth-order valence-corrected chi connectivity index (χ4v) is 0. The Balaban J connectivity index is 0. The van der Waals surface area contributed by atoms with Gasteiger partial charge in [-0.15, -0.1) is 0 Å². The third kappa shape index (κ3) is 8.82. The second-order valence-electron chi connectivity index (χ2n) is 0.854. The van der Waals surface area contributed by atoms with Crippen molar-refractivity contribution in [1.82, 2.24) is 0 Å². The van der Waals surface area contributed by atoms with Crippen molar-refractivity contribution in [2.45, 2.75) is 6.42 Å². The van der Waals surface area contributed by atoms with E-state index in [4.69, 9.17) is 5.41 Å². The van der Waals surface area contributed by atoms with Crippen LogP contribution in [-0.2, 0) is 0 Å². The van der Waals surface area contributed by atoms with Crippen LogP contribution in [0.3, 0.4) is 0 Å². The van der Waals surface area contributed by atoms with Crippen LogP contribution in [0.4, 0.5) is 0 Å². The van der Waals surface area contributed by atoms with Gasteiger partial charge in [0.15, 0.2) is 0 Å². The predicted molar refractivity (Wildman–Crippen MR) is 23.1 cm³/mol. The average Bonchev–Trinajstić information content (AvgIpc) is 1.38. The summed E-state index contributed by atoms with van der Waals surface area (Å²) >= 11 is 0.